The standard InChI is InChI=1S/C24H27ClN4O3/c1-16-7-9-17(10-8-16)22-21(23(30)32-2)19(26-24(31)27-22)15-28-11-13-29(14-12-28)20-6-4-3-5-18(20)25/h3-10,22H,11-15H2,1-2H3,(H2,26,27,31)/t22-/m1/s1. The Morgan fingerprint density at radius 3 is 2.44 bits per heavy atom. The van der Waals surface area contributed by atoms with E-state index in [0.717, 1.165) is 48.0 Å². The highest BCUT2D eigenvalue weighted by Crippen LogP contribution is 2.29. The van der Waals surface area contributed by atoms with Gasteiger partial charge in [-0.05, 0) is 24.6 Å². The Balaban J connectivity index is 1.55. The Kier molecular flexibility index (Phi) is 6.67. The molecule has 1 atom stereocenters. The number of urea groups is 1. The molecule has 0 unspecified atom stereocenters. The Morgan fingerprint density at radius 2 is 1.78 bits per heavy atom. The van der Waals surface area contributed by atoms with Crippen molar-refractivity contribution in [2.75, 3.05) is 44.7 Å². The molecule has 0 aromatic heterocycles. The summed E-state index contributed by atoms with van der Waals surface area (Å²) in [6, 6.07) is 14.7. The average molecular weight is 455 g/mol. The van der Waals surface area contributed by atoms with Crippen molar-refractivity contribution in [3.63, 3.8) is 0 Å². The van der Waals surface area contributed by atoms with Gasteiger partial charge in [-0.3, -0.25) is 4.90 Å². The molecule has 1 saturated heterocycles. The predicted molar refractivity (Wildman–Crippen MR) is 125 cm³/mol. The van der Waals surface area contributed by atoms with Crippen molar-refractivity contribution in [2.45, 2.75) is 13.0 Å². The van der Waals surface area contributed by atoms with Gasteiger partial charge in [0.05, 0.1) is 29.4 Å². The fourth-order valence-corrected chi connectivity index (χ4v) is 4.44. The van der Waals surface area contributed by atoms with Gasteiger partial charge in [0.25, 0.3) is 0 Å². The van der Waals surface area contributed by atoms with E-state index in [-0.39, 0.29) is 6.03 Å². The van der Waals surface area contributed by atoms with Crippen LogP contribution in [0.2, 0.25) is 5.02 Å². The summed E-state index contributed by atoms with van der Waals surface area (Å²) in [6.07, 6.45) is 0. The third kappa shape index (κ3) is 4.74. The normalized spacial score (nSPS) is 19.4. The van der Waals surface area contributed by atoms with Crippen LogP contribution in [-0.2, 0) is 9.53 Å². The van der Waals surface area contributed by atoms with Crippen LogP contribution in [0.15, 0.2) is 59.8 Å². The predicted octanol–water partition coefficient (Wildman–Crippen LogP) is 3.25. The summed E-state index contributed by atoms with van der Waals surface area (Å²) in [4.78, 5) is 29.7. The van der Waals surface area contributed by atoms with Crippen LogP contribution in [-0.4, -0.2) is 56.7 Å². The molecule has 2 aliphatic rings. The van der Waals surface area contributed by atoms with E-state index in [1.165, 1.54) is 7.11 Å². The number of ether oxygens (including phenoxy) is 1. The molecular formula is C24H27ClN4O3. The Hall–Kier alpha value is -3.03. The minimum atomic E-state index is -0.559. The second-order valence-electron chi connectivity index (χ2n) is 8.04. The van der Waals surface area contributed by atoms with Crippen molar-refractivity contribution >= 4 is 29.3 Å². The van der Waals surface area contributed by atoms with Gasteiger partial charge in [-0.25, -0.2) is 9.59 Å². The second kappa shape index (κ2) is 9.63. The molecule has 0 spiro atoms. The molecule has 168 valence electrons. The number of methoxy groups -OCH3 is 1. The lowest BCUT2D eigenvalue weighted by atomic mass is 9.94. The lowest BCUT2D eigenvalue weighted by Gasteiger charge is -2.38. The van der Waals surface area contributed by atoms with Gasteiger partial charge in [0.2, 0.25) is 0 Å². The molecule has 7 nitrogen and oxygen atoms in total. The van der Waals surface area contributed by atoms with E-state index in [1.807, 2.05) is 55.5 Å². The van der Waals surface area contributed by atoms with Crippen LogP contribution < -0.4 is 15.5 Å². The summed E-state index contributed by atoms with van der Waals surface area (Å²) in [7, 11) is 1.36. The molecule has 2 aromatic rings. The Morgan fingerprint density at radius 1 is 1.09 bits per heavy atom. The number of halogens is 1. The van der Waals surface area contributed by atoms with Gasteiger partial charge in [-0.1, -0.05) is 53.6 Å². The lowest BCUT2D eigenvalue weighted by molar-refractivity contribution is -0.136. The molecule has 2 aromatic carbocycles. The third-order valence-electron chi connectivity index (χ3n) is 5.92. The van der Waals surface area contributed by atoms with Gasteiger partial charge < -0.3 is 20.3 Å². The molecule has 0 bridgehead atoms. The molecule has 2 aliphatic heterocycles. The number of rotatable bonds is 5. The van der Waals surface area contributed by atoms with Gasteiger partial charge in [-0.15, -0.1) is 0 Å². The summed E-state index contributed by atoms with van der Waals surface area (Å²) < 4.78 is 5.08. The number of anilines is 1. The largest absolute Gasteiger partial charge is 0.466 e. The number of carbonyl (C=O) groups excluding carboxylic acids is 2. The zero-order valence-electron chi connectivity index (χ0n) is 18.2. The number of aryl methyl sites for hydroxylation is 1. The van der Waals surface area contributed by atoms with E-state index in [9.17, 15) is 9.59 Å². The van der Waals surface area contributed by atoms with Crippen LogP contribution in [0.5, 0.6) is 0 Å². The number of benzene rings is 2. The zero-order valence-corrected chi connectivity index (χ0v) is 19.0. The quantitative estimate of drug-likeness (QED) is 0.678. The first kappa shape index (κ1) is 22.2. The number of amides is 2. The van der Waals surface area contributed by atoms with Crippen molar-refractivity contribution in [3.05, 3.63) is 76.0 Å². The summed E-state index contributed by atoms with van der Waals surface area (Å²) in [5, 5.41) is 6.45. The van der Waals surface area contributed by atoms with E-state index < -0.39 is 12.0 Å². The van der Waals surface area contributed by atoms with Crippen molar-refractivity contribution in [1.29, 1.82) is 0 Å². The second-order valence-corrected chi connectivity index (χ2v) is 8.45. The summed E-state index contributed by atoms with van der Waals surface area (Å²) in [6.45, 7) is 5.62. The topological polar surface area (TPSA) is 73.9 Å². The SMILES string of the molecule is COC(=O)C1=C(CN2CCN(c3ccccc3Cl)CC2)NC(=O)N[C@@H]1c1ccc(C)cc1. The highest BCUT2D eigenvalue weighted by Gasteiger charge is 2.34. The van der Waals surface area contributed by atoms with E-state index in [0.29, 0.717) is 17.8 Å². The van der Waals surface area contributed by atoms with Crippen molar-refractivity contribution in [3.8, 4) is 0 Å². The van der Waals surface area contributed by atoms with Crippen LogP contribution in [0.1, 0.15) is 17.2 Å². The van der Waals surface area contributed by atoms with Crippen molar-refractivity contribution in [2.24, 2.45) is 0 Å². The fourth-order valence-electron chi connectivity index (χ4n) is 4.18. The maximum absolute atomic E-state index is 12.7. The Labute approximate surface area is 193 Å². The molecule has 32 heavy (non-hydrogen) atoms. The van der Waals surface area contributed by atoms with Crippen LogP contribution in [0.25, 0.3) is 0 Å². The van der Waals surface area contributed by atoms with E-state index in [1.54, 1.807) is 0 Å². The molecule has 0 saturated carbocycles. The summed E-state index contributed by atoms with van der Waals surface area (Å²) >= 11 is 6.35. The van der Waals surface area contributed by atoms with Crippen molar-refractivity contribution in [1.82, 2.24) is 15.5 Å². The first-order valence-corrected chi connectivity index (χ1v) is 11.0. The van der Waals surface area contributed by atoms with Gasteiger partial charge >= 0.3 is 12.0 Å². The van der Waals surface area contributed by atoms with Crippen LogP contribution in [0.3, 0.4) is 0 Å². The number of piperazine rings is 1. The lowest BCUT2D eigenvalue weighted by Crippen LogP contribution is -2.51. The van der Waals surface area contributed by atoms with Gasteiger partial charge in [-0.2, -0.15) is 0 Å². The number of para-hydroxylation sites is 1. The number of carbonyl (C=O) groups is 2. The highest BCUT2D eigenvalue weighted by atomic mass is 35.5. The van der Waals surface area contributed by atoms with E-state index >= 15 is 0 Å². The van der Waals surface area contributed by atoms with Gasteiger partial charge in [0.1, 0.15) is 0 Å². The molecule has 8 heteroatoms. The summed E-state index contributed by atoms with van der Waals surface area (Å²) in [5.74, 6) is -0.451. The van der Waals surface area contributed by atoms with Gasteiger partial charge in [0.15, 0.2) is 0 Å². The first-order valence-electron chi connectivity index (χ1n) is 10.6. The van der Waals surface area contributed by atoms with E-state index in [4.69, 9.17) is 16.3 Å². The van der Waals surface area contributed by atoms with Crippen molar-refractivity contribution < 1.29 is 14.3 Å². The number of nitrogens with zero attached hydrogens (tertiary/aromatic N) is 2. The number of nitrogens with one attached hydrogen (secondary N) is 2. The maximum Gasteiger partial charge on any atom is 0.338 e. The smallest absolute Gasteiger partial charge is 0.338 e. The Bertz CT molecular complexity index is 1030. The maximum atomic E-state index is 12.7. The molecule has 0 radical (unpaired) electrons. The fraction of sp³-hybridized carbons (Fsp3) is 0.333. The molecule has 0 aliphatic carbocycles. The van der Waals surface area contributed by atoms with E-state index in [2.05, 4.69) is 20.4 Å². The van der Waals surface area contributed by atoms with Crippen LogP contribution in [0, 0.1) is 6.92 Å². The van der Waals surface area contributed by atoms with Gasteiger partial charge in [0, 0.05) is 38.4 Å². The number of hydrogen-bond donors (Lipinski definition) is 2. The third-order valence-corrected chi connectivity index (χ3v) is 6.24. The molecule has 2 amide bonds. The minimum Gasteiger partial charge on any atom is -0.466 e. The molecule has 4 rings (SSSR count). The zero-order chi connectivity index (χ0) is 22.7. The first-order chi connectivity index (χ1) is 15.5. The number of hydrogen-bond acceptors (Lipinski definition) is 5. The molecule has 2 N–H and O–H groups in total. The molecule has 2 heterocycles. The van der Waals surface area contributed by atoms with Crippen LogP contribution >= 0.6 is 11.6 Å². The minimum absolute atomic E-state index is 0.326. The molecule has 1 fully saturated rings. The average Bonchev–Trinajstić information content (AvgIpc) is 2.80. The highest BCUT2D eigenvalue weighted by molar-refractivity contribution is 6.33. The molecular weight excluding hydrogens is 428 g/mol. The monoisotopic (exact) mass is 454 g/mol. The summed E-state index contributed by atoms with van der Waals surface area (Å²) in [5.41, 5.74) is 3.99. The van der Waals surface area contributed by atoms with Crippen LogP contribution in [0.4, 0.5) is 10.5 Å². The number of esters is 1.